The number of aliphatic hydroxyl groups is 1. The van der Waals surface area contributed by atoms with Gasteiger partial charge in [0.2, 0.25) is 0 Å². The molecule has 0 radical (unpaired) electrons. The van der Waals surface area contributed by atoms with E-state index >= 15 is 0 Å². The largest absolute Gasteiger partial charge is 0.848 e. The highest BCUT2D eigenvalue weighted by molar-refractivity contribution is 5.75. The summed E-state index contributed by atoms with van der Waals surface area (Å²) in [6.07, 6.45) is 0.924. The number of alkyl halides is 3. The highest BCUT2D eigenvalue weighted by atomic mass is 19.4. The second-order valence-corrected chi connectivity index (χ2v) is 11.2. The van der Waals surface area contributed by atoms with E-state index in [1.54, 1.807) is 0 Å². The number of fused-ring (bicyclic) bond motifs is 1. The molecule has 5 rings (SSSR count). The third kappa shape index (κ3) is 4.85. The van der Waals surface area contributed by atoms with E-state index in [0.717, 1.165) is 66.8 Å². The van der Waals surface area contributed by atoms with Crippen molar-refractivity contribution in [1.82, 2.24) is 4.98 Å². The Bertz CT molecular complexity index is 1150. The molecule has 1 N–H and O–H groups in total. The van der Waals surface area contributed by atoms with Crippen LogP contribution in [-0.2, 0) is 17.3 Å². The van der Waals surface area contributed by atoms with E-state index in [4.69, 9.17) is 9.72 Å². The molecule has 0 saturated carbocycles. The summed E-state index contributed by atoms with van der Waals surface area (Å²) in [5.74, 6) is 0.0547. The van der Waals surface area contributed by atoms with Crippen LogP contribution in [0.25, 0.3) is 5.57 Å². The lowest BCUT2D eigenvalue weighted by molar-refractivity contribution is -0.434. The topological polar surface area (TPSA) is 65.4 Å². The molecule has 1 fully saturated rings. The predicted octanol–water partition coefficient (Wildman–Crippen LogP) is 6.02. The number of nitrogens with zero attached hydrogens (tertiary/aromatic N) is 1. The Hall–Kier alpha value is -2.22. The summed E-state index contributed by atoms with van der Waals surface area (Å²) in [6, 6.07) is 4.69. The molecule has 0 bridgehead atoms. The number of halogens is 3. The summed E-state index contributed by atoms with van der Waals surface area (Å²) < 4.78 is 45.1. The molecular weight excluding hydrogens is 467 g/mol. The Morgan fingerprint density at radius 2 is 1.83 bits per heavy atom. The zero-order valence-corrected chi connectivity index (χ0v) is 20.8. The quantitative estimate of drug-likeness (QED) is 0.558. The highest BCUT2D eigenvalue weighted by Gasteiger charge is 2.37. The molecule has 1 saturated heterocycles. The number of hydrogen-bond acceptors (Lipinski definition) is 4. The first-order valence-electron chi connectivity index (χ1n) is 12.9. The zero-order chi connectivity index (χ0) is 25.7. The van der Waals surface area contributed by atoms with Crippen molar-refractivity contribution in [2.45, 2.75) is 83.1 Å². The number of pyridine rings is 1. The number of allylic oxidation sites excluding steroid dienone is 2. The van der Waals surface area contributed by atoms with Gasteiger partial charge in [-0.2, -0.15) is 13.2 Å². The van der Waals surface area contributed by atoms with Crippen LogP contribution in [0.2, 0.25) is 0 Å². The Labute approximate surface area is 210 Å². The van der Waals surface area contributed by atoms with E-state index in [1.807, 2.05) is 0 Å². The average molecular weight is 501 g/mol. The van der Waals surface area contributed by atoms with E-state index in [0.29, 0.717) is 42.7 Å². The Balaban J connectivity index is 1.73. The molecule has 1 aromatic carbocycles. The van der Waals surface area contributed by atoms with Crippen LogP contribution in [0.15, 0.2) is 30.3 Å². The van der Waals surface area contributed by atoms with Crippen molar-refractivity contribution in [3.8, 4) is 0 Å². The van der Waals surface area contributed by atoms with Gasteiger partial charge in [0.25, 0.3) is 0 Å². The molecule has 2 atom stereocenters. The standard InChI is InChI=1S/C29H33F3NO3/c1-28(2)15-21-24(22(34)16-28)23(17-5-3-4-6-17)25(26(33-21)18-11-13-36-14-12-18)27(35)19-7-9-20(10-8-19)29(30,31)32/h5,7-10,18,22,27,35H,3-4,6,11-16H2,1-2H3/q-1/t22-,27+/m0/s1. The molecule has 4 nitrogen and oxygen atoms in total. The van der Waals surface area contributed by atoms with E-state index in [2.05, 4.69) is 19.9 Å². The van der Waals surface area contributed by atoms with E-state index in [-0.39, 0.29) is 11.3 Å². The Kier molecular flexibility index (Phi) is 6.77. The van der Waals surface area contributed by atoms with Crippen LogP contribution in [0, 0.1) is 5.41 Å². The Morgan fingerprint density at radius 3 is 2.44 bits per heavy atom. The van der Waals surface area contributed by atoms with Gasteiger partial charge in [-0.05, 0) is 78.3 Å². The van der Waals surface area contributed by atoms with Gasteiger partial charge in [-0.25, -0.2) is 0 Å². The molecule has 3 aliphatic rings. The number of aromatic nitrogens is 1. The fourth-order valence-corrected chi connectivity index (χ4v) is 6.12. The van der Waals surface area contributed by atoms with Crippen LogP contribution < -0.4 is 5.11 Å². The predicted molar refractivity (Wildman–Crippen MR) is 129 cm³/mol. The third-order valence-corrected chi connectivity index (χ3v) is 7.88. The molecule has 0 unspecified atom stereocenters. The van der Waals surface area contributed by atoms with Gasteiger partial charge >= 0.3 is 6.18 Å². The second-order valence-electron chi connectivity index (χ2n) is 11.2. The van der Waals surface area contributed by atoms with E-state index in [9.17, 15) is 23.4 Å². The van der Waals surface area contributed by atoms with Crippen LogP contribution in [-0.4, -0.2) is 23.3 Å². The van der Waals surface area contributed by atoms with Gasteiger partial charge in [0.1, 0.15) is 6.10 Å². The molecule has 2 heterocycles. The van der Waals surface area contributed by atoms with Gasteiger partial charge in [0.05, 0.1) is 11.3 Å². The van der Waals surface area contributed by atoms with Gasteiger partial charge < -0.3 is 14.9 Å². The molecule has 1 aliphatic heterocycles. The number of ether oxygens (including phenoxy) is 1. The normalized spacial score (nSPS) is 23.3. The summed E-state index contributed by atoms with van der Waals surface area (Å²) in [5.41, 5.74) is 4.19. The zero-order valence-electron chi connectivity index (χ0n) is 20.8. The van der Waals surface area contributed by atoms with Crippen molar-refractivity contribution >= 4 is 5.57 Å². The molecular formula is C29H33F3NO3-. The maximum Gasteiger partial charge on any atom is 0.416 e. The molecule has 1 aromatic heterocycles. The lowest BCUT2D eigenvalue weighted by Gasteiger charge is -2.43. The summed E-state index contributed by atoms with van der Waals surface area (Å²) in [7, 11) is 0. The van der Waals surface area contributed by atoms with Crippen LogP contribution in [0.4, 0.5) is 13.2 Å². The molecule has 2 aromatic rings. The molecule has 2 aliphatic carbocycles. The van der Waals surface area contributed by atoms with Gasteiger partial charge in [-0.15, -0.1) is 0 Å². The number of hydrogen-bond donors (Lipinski definition) is 1. The summed E-state index contributed by atoms with van der Waals surface area (Å²) in [5, 5.41) is 25.4. The minimum absolute atomic E-state index is 0.0547. The van der Waals surface area contributed by atoms with Crippen molar-refractivity contribution in [2.75, 3.05) is 13.2 Å². The fraction of sp³-hybridized carbons (Fsp3) is 0.552. The molecule has 7 heteroatoms. The van der Waals surface area contributed by atoms with Gasteiger partial charge in [0.15, 0.2) is 0 Å². The average Bonchev–Trinajstić information content (AvgIpc) is 3.36. The third-order valence-electron chi connectivity index (χ3n) is 7.88. The van der Waals surface area contributed by atoms with Gasteiger partial charge in [-0.1, -0.05) is 44.6 Å². The minimum atomic E-state index is -4.45. The van der Waals surface area contributed by atoms with Gasteiger partial charge in [-0.3, -0.25) is 4.98 Å². The molecule has 0 amide bonds. The molecule has 0 spiro atoms. The fourth-order valence-electron chi connectivity index (χ4n) is 6.12. The summed E-state index contributed by atoms with van der Waals surface area (Å²) in [4.78, 5) is 5.10. The number of aliphatic hydroxyl groups excluding tert-OH is 1. The van der Waals surface area contributed by atoms with E-state index in [1.165, 1.54) is 12.1 Å². The monoisotopic (exact) mass is 500 g/mol. The summed E-state index contributed by atoms with van der Waals surface area (Å²) in [6.45, 7) is 5.37. The van der Waals surface area contributed by atoms with Crippen LogP contribution in [0.5, 0.6) is 0 Å². The first-order chi connectivity index (χ1) is 17.0. The number of benzene rings is 1. The van der Waals surface area contributed by atoms with Crippen molar-refractivity contribution in [3.05, 3.63) is 69.5 Å². The van der Waals surface area contributed by atoms with Crippen LogP contribution in [0.3, 0.4) is 0 Å². The van der Waals surface area contributed by atoms with Gasteiger partial charge in [0, 0.05) is 30.4 Å². The smallest absolute Gasteiger partial charge is 0.416 e. The number of rotatable bonds is 4. The lowest BCUT2D eigenvalue weighted by Crippen LogP contribution is -2.35. The van der Waals surface area contributed by atoms with Crippen molar-refractivity contribution < 1.29 is 28.1 Å². The first-order valence-corrected chi connectivity index (χ1v) is 12.9. The van der Waals surface area contributed by atoms with Crippen LogP contribution >= 0.6 is 0 Å². The van der Waals surface area contributed by atoms with Crippen LogP contribution in [0.1, 0.15) is 110 Å². The lowest BCUT2D eigenvalue weighted by atomic mass is 9.71. The van der Waals surface area contributed by atoms with Crippen molar-refractivity contribution in [3.63, 3.8) is 0 Å². The SMILES string of the molecule is CC1(C)Cc2nc(C3CCOCC3)c([C@H](O)c3ccc(C(F)(F)F)cc3)c(C3=CCCC3)c2[C@@H]([O-])C1. The second kappa shape index (κ2) is 9.58. The van der Waals surface area contributed by atoms with Crippen molar-refractivity contribution in [1.29, 1.82) is 0 Å². The molecule has 194 valence electrons. The molecule has 36 heavy (non-hydrogen) atoms. The van der Waals surface area contributed by atoms with Crippen molar-refractivity contribution in [2.24, 2.45) is 5.41 Å². The maximum absolute atomic E-state index is 13.6. The highest BCUT2D eigenvalue weighted by Crippen LogP contribution is 2.48. The first kappa shape index (κ1) is 25.4. The maximum atomic E-state index is 13.6. The Morgan fingerprint density at radius 1 is 1.14 bits per heavy atom. The van der Waals surface area contributed by atoms with E-state index < -0.39 is 23.9 Å². The summed E-state index contributed by atoms with van der Waals surface area (Å²) >= 11 is 0. The minimum Gasteiger partial charge on any atom is -0.848 e.